The van der Waals surface area contributed by atoms with Crippen molar-refractivity contribution in [1.82, 2.24) is 0 Å². The van der Waals surface area contributed by atoms with Gasteiger partial charge in [0.15, 0.2) is 0 Å². The van der Waals surface area contributed by atoms with Crippen molar-refractivity contribution in [1.29, 1.82) is 0 Å². The maximum atomic E-state index is 11.2. The Morgan fingerprint density at radius 2 is 1.71 bits per heavy atom. The molecule has 0 atom stereocenters. The maximum absolute atomic E-state index is 11.2. The molecule has 2 aromatic rings. The van der Waals surface area contributed by atoms with Gasteiger partial charge in [-0.2, -0.15) is 0 Å². The predicted molar refractivity (Wildman–Crippen MR) is 52.0 cm³/mol. The van der Waals surface area contributed by atoms with Crippen LogP contribution < -0.4 is 20.3 Å². The van der Waals surface area contributed by atoms with Crippen LogP contribution in [-0.2, 0) is 0 Å². The fourth-order valence-electron chi connectivity index (χ4n) is 1.46. The summed E-state index contributed by atoms with van der Waals surface area (Å²) in [7, 11) is 2.94. The molecule has 14 heavy (non-hydrogen) atoms. The highest BCUT2D eigenvalue weighted by Crippen LogP contribution is 2.27. The van der Waals surface area contributed by atoms with Gasteiger partial charge < -0.3 is 9.47 Å². The molecule has 2 rings (SSSR count). The zero-order chi connectivity index (χ0) is 10.3. The summed E-state index contributed by atoms with van der Waals surface area (Å²) in [5.74, 6) is 0.908. The zero-order valence-electron chi connectivity index (χ0n) is 7.79. The van der Waals surface area contributed by atoms with E-state index in [-0.39, 0.29) is 0 Å². The average Bonchev–Trinajstić information content (AvgIpc) is 2.25. The fraction of sp³-hybridized carbons (Fsp3) is 0.200. The number of hydrogen-bond acceptors (Lipinski definition) is 4. The molecule has 0 radical (unpaired) electrons. The van der Waals surface area contributed by atoms with Gasteiger partial charge in [-0.15, -0.1) is 0 Å². The van der Waals surface area contributed by atoms with Crippen molar-refractivity contribution in [3.05, 3.63) is 32.6 Å². The molecule has 0 spiro atoms. The van der Waals surface area contributed by atoms with Crippen molar-refractivity contribution in [2.45, 2.75) is 0 Å². The van der Waals surface area contributed by atoms with Crippen LogP contribution >= 0.6 is 0 Å². The van der Waals surface area contributed by atoms with E-state index in [2.05, 4.69) is 0 Å². The van der Waals surface area contributed by atoms with Crippen LogP contribution in [0.2, 0.25) is 0 Å². The largest absolute Gasteiger partial charge is 0.497 e. The number of rotatable bonds is 2. The Labute approximate surface area is 79.4 Å². The number of methoxy groups -OCH3 is 2. The van der Waals surface area contributed by atoms with E-state index in [0.29, 0.717) is 22.3 Å². The summed E-state index contributed by atoms with van der Waals surface area (Å²) in [5, 5.41) is 0.740. The quantitative estimate of drug-likeness (QED) is 0.648. The number of fused-ring (bicyclic) bond motifs is 1. The lowest BCUT2D eigenvalue weighted by atomic mass is 10.0. The first-order valence-corrected chi connectivity index (χ1v) is 4.04. The monoisotopic (exact) mass is 192 g/mol. The Bertz CT molecular complexity index is 561. The minimum absolute atomic E-state index is 0.360. The van der Waals surface area contributed by atoms with Crippen LogP contribution in [-0.4, -0.2) is 14.2 Å². The molecule has 4 heteroatoms. The lowest BCUT2D eigenvalue weighted by molar-refractivity contribution is 0.397. The van der Waals surface area contributed by atoms with Crippen LogP contribution in [0.5, 0.6) is 11.5 Å². The lowest BCUT2D eigenvalue weighted by Crippen LogP contribution is -2.30. The molecular formula is C10H8O4. The Balaban J connectivity index is 2.83. The lowest BCUT2D eigenvalue weighted by Gasteiger charge is -2.08. The highest BCUT2D eigenvalue weighted by molar-refractivity contribution is 5.94. The van der Waals surface area contributed by atoms with Gasteiger partial charge >= 0.3 is 0 Å². The van der Waals surface area contributed by atoms with Crippen LogP contribution in [0.25, 0.3) is 10.8 Å². The second-order valence-corrected chi connectivity index (χ2v) is 2.91. The Morgan fingerprint density at radius 3 is 2.29 bits per heavy atom. The summed E-state index contributed by atoms with van der Waals surface area (Å²) >= 11 is 0. The van der Waals surface area contributed by atoms with Crippen molar-refractivity contribution < 1.29 is 9.47 Å². The average molecular weight is 192 g/mol. The van der Waals surface area contributed by atoms with Crippen molar-refractivity contribution in [2.24, 2.45) is 0 Å². The third kappa shape index (κ3) is 0.937. The number of ether oxygens (including phenoxy) is 2. The number of benzene rings is 1. The van der Waals surface area contributed by atoms with E-state index in [4.69, 9.17) is 9.47 Å². The van der Waals surface area contributed by atoms with Gasteiger partial charge in [0.1, 0.15) is 11.5 Å². The second kappa shape index (κ2) is 2.83. The molecule has 0 N–H and O–H groups in total. The normalized spacial score (nSPS) is 10.7. The minimum atomic E-state index is -0.487. The molecule has 0 aliphatic carbocycles. The molecule has 0 aromatic heterocycles. The summed E-state index contributed by atoms with van der Waals surface area (Å²) in [6, 6.07) is 3.13. The standard InChI is InChI=1S/C10H8O4/c1-13-5-3-6-8(7(4-5)14-2)10(12)9(6)11/h3-4H,1-2H3. The molecule has 0 bridgehead atoms. The Morgan fingerprint density at radius 1 is 1.00 bits per heavy atom. The molecule has 0 unspecified atom stereocenters. The second-order valence-electron chi connectivity index (χ2n) is 2.91. The molecule has 0 saturated heterocycles. The van der Waals surface area contributed by atoms with Crippen LogP contribution in [0.1, 0.15) is 0 Å². The summed E-state index contributed by atoms with van der Waals surface area (Å²) in [6.07, 6.45) is 0. The smallest absolute Gasteiger partial charge is 0.238 e. The van der Waals surface area contributed by atoms with Gasteiger partial charge in [0.05, 0.1) is 19.6 Å². The van der Waals surface area contributed by atoms with Crippen molar-refractivity contribution in [3.63, 3.8) is 0 Å². The molecule has 4 nitrogen and oxygen atoms in total. The van der Waals surface area contributed by atoms with E-state index < -0.39 is 10.9 Å². The van der Waals surface area contributed by atoms with Gasteiger partial charge in [-0.1, -0.05) is 0 Å². The Hall–Kier alpha value is -1.84. The van der Waals surface area contributed by atoms with E-state index >= 15 is 0 Å². The topological polar surface area (TPSA) is 52.6 Å². The third-order valence-electron chi connectivity index (χ3n) is 2.21. The molecule has 0 aliphatic rings. The minimum Gasteiger partial charge on any atom is -0.497 e. The summed E-state index contributed by atoms with van der Waals surface area (Å²) in [5.41, 5.74) is -0.961. The van der Waals surface area contributed by atoms with Crippen LogP contribution in [0.15, 0.2) is 21.7 Å². The van der Waals surface area contributed by atoms with Crippen LogP contribution in [0.3, 0.4) is 0 Å². The first kappa shape index (κ1) is 8.74. The van der Waals surface area contributed by atoms with Gasteiger partial charge in [-0.05, 0) is 6.07 Å². The SMILES string of the molecule is COc1cc(OC)c2c(=O)c(=O)c2c1. The van der Waals surface area contributed by atoms with Crippen LogP contribution in [0.4, 0.5) is 0 Å². The first-order valence-electron chi connectivity index (χ1n) is 4.04. The zero-order valence-corrected chi connectivity index (χ0v) is 7.79. The van der Waals surface area contributed by atoms with Crippen LogP contribution in [0, 0.1) is 0 Å². The molecule has 72 valence electrons. The molecule has 0 amide bonds. The van der Waals surface area contributed by atoms with Gasteiger partial charge in [0.2, 0.25) is 10.9 Å². The van der Waals surface area contributed by atoms with E-state index in [1.807, 2.05) is 0 Å². The molecule has 2 aromatic carbocycles. The molecular weight excluding hydrogens is 184 g/mol. The highest BCUT2D eigenvalue weighted by atomic mass is 16.5. The van der Waals surface area contributed by atoms with Gasteiger partial charge in [0.25, 0.3) is 0 Å². The van der Waals surface area contributed by atoms with Crippen molar-refractivity contribution >= 4 is 10.8 Å². The summed E-state index contributed by atoms with van der Waals surface area (Å²) in [6.45, 7) is 0. The Kier molecular flexibility index (Phi) is 1.77. The molecule has 0 heterocycles. The highest BCUT2D eigenvalue weighted by Gasteiger charge is 2.18. The summed E-state index contributed by atoms with van der Waals surface area (Å²) < 4.78 is 9.95. The molecule has 0 saturated carbocycles. The predicted octanol–water partition coefficient (Wildman–Crippen LogP) is 0.453. The number of hydrogen-bond donors (Lipinski definition) is 0. The maximum Gasteiger partial charge on any atom is 0.238 e. The first-order chi connectivity index (χ1) is 6.69. The fourth-order valence-corrected chi connectivity index (χ4v) is 1.46. The molecule has 0 aliphatic heterocycles. The summed E-state index contributed by atoms with van der Waals surface area (Å²) in [4.78, 5) is 22.3. The van der Waals surface area contributed by atoms with E-state index in [1.54, 1.807) is 12.1 Å². The van der Waals surface area contributed by atoms with Gasteiger partial charge in [-0.25, -0.2) is 0 Å². The van der Waals surface area contributed by atoms with E-state index in [1.165, 1.54) is 14.2 Å². The third-order valence-corrected chi connectivity index (χ3v) is 2.21. The molecule has 0 fully saturated rings. The van der Waals surface area contributed by atoms with Crippen molar-refractivity contribution in [3.8, 4) is 11.5 Å². The van der Waals surface area contributed by atoms with Gasteiger partial charge in [0, 0.05) is 11.5 Å². The van der Waals surface area contributed by atoms with Gasteiger partial charge in [-0.3, -0.25) is 9.59 Å². The van der Waals surface area contributed by atoms with Crippen molar-refractivity contribution in [2.75, 3.05) is 14.2 Å². The van der Waals surface area contributed by atoms with E-state index in [9.17, 15) is 9.59 Å². The van der Waals surface area contributed by atoms with E-state index in [0.717, 1.165) is 0 Å².